The maximum absolute atomic E-state index is 11.3. The lowest BCUT2D eigenvalue weighted by Crippen LogP contribution is -2.27. The molecule has 0 amide bonds. The fourth-order valence-corrected chi connectivity index (χ4v) is 5.20. The van der Waals surface area contributed by atoms with Crippen molar-refractivity contribution in [3.8, 4) is 0 Å². The van der Waals surface area contributed by atoms with Crippen LogP contribution in [0, 0.1) is 0 Å². The Hall–Kier alpha value is 0.850. The molecule has 7 atom stereocenters. The molecule has 3 heterocycles. The lowest BCUT2D eigenvalue weighted by Gasteiger charge is -2.21. The van der Waals surface area contributed by atoms with Crippen LogP contribution in [0.4, 0.5) is 0 Å². The average molecular weight is 506 g/mol. The number of esters is 1. The number of rotatable bonds is 1. The van der Waals surface area contributed by atoms with Crippen LogP contribution in [0.15, 0.2) is 0 Å². The van der Waals surface area contributed by atoms with Crippen molar-refractivity contribution in [3.63, 3.8) is 0 Å². The molecule has 3 fully saturated rings. The number of hydrogen-bond donors (Lipinski definition) is 0. The number of hydrogen-bond acceptors (Lipinski definition) is 4. The second kappa shape index (κ2) is 6.54. The molecule has 3 saturated heterocycles. The van der Waals surface area contributed by atoms with Crippen LogP contribution in [0.5, 0.6) is 0 Å². The molecule has 0 aromatic carbocycles. The van der Waals surface area contributed by atoms with Crippen molar-refractivity contribution in [3.05, 3.63) is 0 Å². The van der Waals surface area contributed by atoms with Gasteiger partial charge in [0.25, 0.3) is 0 Å². The van der Waals surface area contributed by atoms with E-state index in [1.807, 2.05) is 0 Å². The zero-order valence-corrected chi connectivity index (χ0v) is 15.8. The van der Waals surface area contributed by atoms with Crippen LogP contribution in [0.1, 0.15) is 39.0 Å². The van der Waals surface area contributed by atoms with Gasteiger partial charge >= 0.3 is 5.97 Å². The average Bonchev–Trinajstić information content (AvgIpc) is 2.96. The predicted molar refractivity (Wildman–Crippen MR) is 91.6 cm³/mol. The van der Waals surface area contributed by atoms with Crippen molar-refractivity contribution in [2.45, 2.75) is 77.4 Å². The zero-order valence-electron chi connectivity index (χ0n) is 11.5. The molecular weight excluding hydrogens is 486 g/mol. The highest BCUT2D eigenvalue weighted by molar-refractivity contribution is 14.1. The van der Waals surface area contributed by atoms with E-state index in [1.165, 1.54) is 13.3 Å². The smallest absolute Gasteiger partial charge is 0.302 e. The highest BCUT2D eigenvalue weighted by atomic mass is 127. The van der Waals surface area contributed by atoms with Crippen molar-refractivity contribution < 1.29 is 19.0 Å². The Labute approximate surface area is 146 Å². The minimum atomic E-state index is -0.201. The summed E-state index contributed by atoms with van der Waals surface area (Å²) in [7, 11) is 0. The SMILES string of the molecule is CC(=O)O[C@H]1CC[C@@H](I)[C@@H]2CC[C@@H](O2)[C@H](I)C[C@@H]2O[C@H]12. The van der Waals surface area contributed by atoms with Gasteiger partial charge in [-0.15, -0.1) is 0 Å². The van der Waals surface area contributed by atoms with E-state index in [4.69, 9.17) is 14.2 Å². The molecule has 0 unspecified atom stereocenters. The van der Waals surface area contributed by atoms with Crippen LogP contribution in [0.25, 0.3) is 0 Å². The number of epoxide rings is 1. The largest absolute Gasteiger partial charge is 0.460 e. The number of carbonyl (C=O) groups excluding carboxylic acids is 1. The van der Waals surface area contributed by atoms with Gasteiger partial charge in [-0.3, -0.25) is 4.79 Å². The number of alkyl halides is 2. The molecule has 6 heteroatoms. The van der Waals surface area contributed by atoms with Gasteiger partial charge in [0.1, 0.15) is 12.2 Å². The molecule has 20 heavy (non-hydrogen) atoms. The first kappa shape index (κ1) is 15.7. The molecule has 3 rings (SSSR count). The lowest BCUT2D eigenvalue weighted by atomic mass is 9.99. The number of carbonyl (C=O) groups is 1. The van der Waals surface area contributed by atoms with Crippen LogP contribution < -0.4 is 0 Å². The molecule has 0 saturated carbocycles. The highest BCUT2D eigenvalue weighted by Gasteiger charge is 2.49. The third-order valence-electron chi connectivity index (χ3n) is 4.38. The molecule has 0 aromatic rings. The summed E-state index contributed by atoms with van der Waals surface area (Å²) in [5.74, 6) is -0.201. The Morgan fingerprint density at radius 1 is 1.00 bits per heavy atom. The topological polar surface area (TPSA) is 48.1 Å². The molecule has 0 spiro atoms. The number of ether oxygens (including phenoxy) is 3. The monoisotopic (exact) mass is 506 g/mol. The standard InChI is InChI=1S/C14H20I2O4/c1-7(17)18-12-3-2-8(15)10-4-5-11(19-10)9(16)6-13-14(12)20-13/h8-14H,2-6H2,1H3/t8-,9-,10+,11-,12+,13+,14-/m1/s1. The summed E-state index contributed by atoms with van der Waals surface area (Å²) < 4.78 is 18.5. The third-order valence-corrected chi connectivity index (χ3v) is 7.12. The van der Waals surface area contributed by atoms with E-state index in [-0.39, 0.29) is 24.3 Å². The van der Waals surface area contributed by atoms with Crippen molar-refractivity contribution in [1.82, 2.24) is 0 Å². The normalized spacial score (nSPS) is 48.0. The molecule has 0 aromatic heterocycles. The van der Waals surface area contributed by atoms with Gasteiger partial charge in [-0.1, -0.05) is 45.2 Å². The van der Waals surface area contributed by atoms with E-state index in [0.29, 0.717) is 20.1 Å². The van der Waals surface area contributed by atoms with Crippen LogP contribution in [0.2, 0.25) is 0 Å². The second-order valence-electron chi connectivity index (χ2n) is 5.92. The predicted octanol–water partition coefficient (Wildman–Crippen LogP) is 3.02. The molecular formula is C14H20I2O4. The van der Waals surface area contributed by atoms with Crippen molar-refractivity contribution in [1.29, 1.82) is 0 Å². The summed E-state index contributed by atoms with van der Waals surface area (Å²) in [6.07, 6.45) is 6.25. The summed E-state index contributed by atoms with van der Waals surface area (Å²) in [6.45, 7) is 1.48. The first-order chi connectivity index (χ1) is 9.54. The van der Waals surface area contributed by atoms with E-state index in [1.54, 1.807) is 0 Å². The third kappa shape index (κ3) is 3.60. The first-order valence-electron chi connectivity index (χ1n) is 7.31. The van der Waals surface area contributed by atoms with Gasteiger partial charge in [0.15, 0.2) is 0 Å². The van der Waals surface area contributed by atoms with Gasteiger partial charge in [-0.2, -0.15) is 0 Å². The summed E-state index contributed by atoms with van der Waals surface area (Å²) in [6, 6.07) is 0. The van der Waals surface area contributed by atoms with Gasteiger partial charge in [-0.05, 0) is 32.1 Å². The van der Waals surface area contributed by atoms with Crippen LogP contribution in [0.3, 0.4) is 0 Å². The van der Waals surface area contributed by atoms with Gasteiger partial charge in [-0.25, -0.2) is 0 Å². The van der Waals surface area contributed by atoms with Crippen molar-refractivity contribution in [2.75, 3.05) is 0 Å². The van der Waals surface area contributed by atoms with Gasteiger partial charge in [0, 0.05) is 14.8 Å². The quantitative estimate of drug-likeness (QED) is 0.238. The molecule has 4 nitrogen and oxygen atoms in total. The van der Waals surface area contributed by atoms with Crippen LogP contribution >= 0.6 is 45.2 Å². The Morgan fingerprint density at radius 3 is 2.40 bits per heavy atom. The molecule has 3 aliphatic heterocycles. The van der Waals surface area contributed by atoms with E-state index in [9.17, 15) is 4.79 Å². The fraction of sp³-hybridized carbons (Fsp3) is 0.929. The highest BCUT2D eigenvalue weighted by Crippen LogP contribution is 2.41. The van der Waals surface area contributed by atoms with E-state index in [0.717, 1.165) is 25.7 Å². The summed E-state index contributed by atoms with van der Waals surface area (Å²) in [4.78, 5) is 11.3. The van der Waals surface area contributed by atoms with Crippen molar-refractivity contribution in [2.24, 2.45) is 0 Å². The van der Waals surface area contributed by atoms with Gasteiger partial charge in [0.05, 0.1) is 18.3 Å². The minimum Gasteiger partial charge on any atom is -0.460 e. The molecule has 0 radical (unpaired) electrons. The maximum Gasteiger partial charge on any atom is 0.302 e. The molecule has 0 N–H and O–H groups in total. The Morgan fingerprint density at radius 2 is 1.70 bits per heavy atom. The summed E-state index contributed by atoms with van der Waals surface area (Å²) in [5, 5.41) is 0. The Kier molecular flexibility index (Phi) is 5.14. The number of halogens is 2. The van der Waals surface area contributed by atoms with E-state index in [2.05, 4.69) is 45.2 Å². The Bertz CT molecular complexity index is 378. The van der Waals surface area contributed by atoms with Crippen LogP contribution in [-0.2, 0) is 19.0 Å². The maximum atomic E-state index is 11.3. The molecule has 114 valence electrons. The second-order valence-corrected chi connectivity index (χ2v) is 9.12. The minimum absolute atomic E-state index is 0.0741. The molecule has 0 aliphatic carbocycles. The fourth-order valence-electron chi connectivity index (χ4n) is 3.28. The molecule has 2 bridgehead atoms. The van der Waals surface area contributed by atoms with Gasteiger partial charge < -0.3 is 14.2 Å². The van der Waals surface area contributed by atoms with Gasteiger partial charge in [0.2, 0.25) is 0 Å². The Balaban J connectivity index is 1.70. The van der Waals surface area contributed by atoms with Crippen molar-refractivity contribution >= 4 is 51.2 Å². The summed E-state index contributed by atoms with van der Waals surface area (Å²) in [5.41, 5.74) is 0. The first-order valence-corrected chi connectivity index (χ1v) is 9.80. The number of fused-ring (bicyclic) bond motifs is 3. The van der Waals surface area contributed by atoms with Crippen LogP contribution in [-0.4, -0.2) is 44.3 Å². The lowest BCUT2D eigenvalue weighted by molar-refractivity contribution is -0.147. The summed E-state index contributed by atoms with van der Waals surface area (Å²) >= 11 is 4.99. The zero-order chi connectivity index (χ0) is 14.3. The van der Waals surface area contributed by atoms with E-state index >= 15 is 0 Å². The van der Waals surface area contributed by atoms with E-state index < -0.39 is 0 Å². The molecule has 3 aliphatic rings.